The first kappa shape index (κ1) is 26.6. The number of carbonyl (C=O) groups is 1. The molecule has 1 atom stereocenters. The number of para-hydroxylation sites is 1. The minimum atomic E-state index is 0.571. The number of carbonyl (C=O) groups excluding carboxylic acids is 1. The van der Waals surface area contributed by atoms with Crippen molar-refractivity contribution in [3.8, 4) is 11.5 Å². The van der Waals surface area contributed by atoms with Crippen LogP contribution in [0.2, 0.25) is 0 Å². The summed E-state index contributed by atoms with van der Waals surface area (Å²) >= 11 is 1.82. The lowest BCUT2D eigenvalue weighted by Gasteiger charge is -2.31. The molecule has 2 heterocycles. The molecule has 36 heavy (non-hydrogen) atoms. The van der Waals surface area contributed by atoms with Gasteiger partial charge < -0.3 is 14.8 Å². The standard InChI is InChI=1S/C20H29N3S.C9H10O3/c1-2-7-16(8-3-1)15-23-12-6-9-17(23)13-21-14-20-22-18-10-4-5-11-19(18)24-20;1-11-8-4-3-7(6-10)5-9(8)12-2/h4-5,10-11,16-17,21H,1-3,6-9,12-15H2;3-6H,1-2H3/t17-;/m0./s1. The Morgan fingerprint density at radius 2 is 1.83 bits per heavy atom. The first-order valence-electron chi connectivity index (χ1n) is 13.2. The number of likely N-dealkylation sites (tertiary alicyclic amines) is 1. The minimum absolute atomic E-state index is 0.571. The number of nitrogens with one attached hydrogen (secondary N) is 1. The molecule has 0 radical (unpaired) electrons. The summed E-state index contributed by atoms with van der Waals surface area (Å²) in [4.78, 5) is 17.9. The van der Waals surface area contributed by atoms with Crippen LogP contribution in [-0.4, -0.2) is 56.1 Å². The number of aromatic nitrogens is 1. The van der Waals surface area contributed by atoms with Crippen LogP contribution in [0, 0.1) is 5.92 Å². The third kappa shape index (κ3) is 7.28. The van der Waals surface area contributed by atoms with Crippen molar-refractivity contribution in [2.75, 3.05) is 33.9 Å². The normalized spacial score (nSPS) is 18.6. The second-order valence-corrected chi connectivity index (χ2v) is 10.8. The molecule has 1 aliphatic carbocycles. The Balaban J connectivity index is 0.000000214. The molecule has 2 aliphatic rings. The van der Waals surface area contributed by atoms with Crippen LogP contribution in [0.15, 0.2) is 42.5 Å². The summed E-state index contributed by atoms with van der Waals surface area (Å²) in [5.41, 5.74) is 1.71. The predicted molar refractivity (Wildman–Crippen MR) is 147 cm³/mol. The molecular weight excluding hydrogens is 470 g/mol. The number of benzene rings is 2. The summed E-state index contributed by atoms with van der Waals surface area (Å²) in [6.45, 7) is 4.67. The van der Waals surface area contributed by atoms with Gasteiger partial charge in [0.1, 0.15) is 11.3 Å². The maximum absolute atomic E-state index is 10.4. The molecule has 0 bridgehead atoms. The third-order valence-electron chi connectivity index (χ3n) is 7.25. The zero-order chi connectivity index (χ0) is 25.2. The molecule has 1 aromatic heterocycles. The second kappa shape index (κ2) is 13.7. The van der Waals surface area contributed by atoms with Gasteiger partial charge in [0, 0.05) is 31.2 Å². The van der Waals surface area contributed by atoms with Crippen LogP contribution >= 0.6 is 11.3 Å². The molecule has 5 rings (SSSR count). The van der Waals surface area contributed by atoms with Crippen LogP contribution in [0.4, 0.5) is 0 Å². The number of hydrogen-bond acceptors (Lipinski definition) is 7. The number of fused-ring (bicyclic) bond motifs is 1. The maximum Gasteiger partial charge on any atom is 0.161 e. The zero-order valence-corrected chi connectivity index (χ0v) is 22.4. The third-order valence-corrected chi connectivity index (χ3v) is 8.29. The van der Waals surface area contributed by atoms with Crippen molar-refractivity contribution in [2.24, 2.45) is 5.92 Å². The number of ether oxygens (including phenoxy) is 2. The summed E-state index contributed by atoms with van der Waals surface area (Å²) in [7, 11) is 3.09. The Bertz CT molecular complexity index is 1060. The number of nitrogens with zero attached hydrogens (tertiary/aromatic N) is 2. The molecule has 0 amide bonds. The van der Waals surface area contributed by atoms with Gasteiger partial charge in [-0.2, -0.15) is 0 Å². The molecule has 2 aromatic carbocycles. The molecule has 2 fully saturated rings. The van der Waals surface area contributed by atoms with Crippen LogP contribution in [0.3, 0.4) is 0 Å². The van der Waals surface area contributed by atoms with E-state index in [1.807, 2.05) is 11.3 Å². The second-order valence-electron chi connectivity index (χ2n) is 9.73. The minimum Gasteiger partial charge on any atom is -0.493 e. The Morgan fingerprint density at radius 1 is 1.03 bits per heavy atom. The fourth-order valence-corrected chi connectivity index (χ4v) is 6.27. The highest BCUT2D eigenvalue weighted by atomic mass is 32.1. The number of thiazole rings is 1. The van der Waals surface area contributed by atoms with Crippen molar-refractivity contribution < 1.29 is 14.3 Å². The van der Waals surface area contributed by atoms with Gasteiger partial charge in [-0.05, 0) is 68.5 Å². The fraction of sp³-hybridized carbons (Fsp3) is 0.517. The molecule has 194 valence electrons. The highest BCUT2D eigenvalue weighted by Gasteiger charge is 2.27. The largest absolute Gasteiger partial charge is 0.493 e. The van der Waals surface area contributed by atoms with E-state index in [1.54, 1.807) is 25.3 Å². The highest BCUT2D eigenvalue weighted by molar-refractivity contribution is 7.18. The lowest BCUT2D eigenvalue weighted by molar-refractivity contribution is 0.112. The lowest BCUT2D eigenvalue weighted by Crippen LogP contribution is -2.40. The molecule has 1 saturated carbocycles. The SMILES string of the molecule is COc1ccc(C=O)cc1OC.c1ccc2sc(CNC[C@@H]3CCCN3CC3CCCCC3)nc2c1. The number of methoxy groups -OCH3 is 2. The number of rotatable bonds is 9. The topological polar surface area (TPSA) is 63.7 Å². The van der Waals surface area contributed by atoms with Gasteiger partial charge in [-0.1, -0.05) is 31.4 Å². The van der Waals surface area contributed by atoms with Crippen molar-refractivity contribution in [2.45, 2.75) is 57.5 Å². The van der Waals surface area contributed by atoms with E-state index in [-0.39, 0.29) is 0 Å². The monoisotopic (exact) mass is 509 g/mol. The van der Waals surface area contributed by atoms with E-state index < -0.39 is 0 Å². The van der Waals surface area contributed by atoms with Crippen LogP contribution in [0.1, 0.15) is 60.3 Å². The van der Waals surface area contributed by atoms with E-state index in [1.165, 1.54) is 74.9 Å². The van der Waals surface area contributed by atoms with Crippen molar-refractivity contribution in [3.63, 3.8) is 0 Å². The smallest absolute Gasteiger partial charge is 0.161 e. The number of aldehydes is 1. The van der Waals surface area contributed by atoms with Gasteiger partial charge in [-0.3, -0.25) is 9.69 Å². The van der Waals surface area contributed by atoms with Crippen molar-refractivity contribution in [3.05, 3.63) is 53.0 Å². The fourth-order valence-electron chi connectivity index (χ4n) is 5.34. The van der Waals surface area contributed by atoms with Crippen LogP contribution in [-0.2, 0) is 6.54 Å². The quantitative estimate of drug-likeness (QED) is 0.360. The lowest BCUT2D eigenvalue weighted by atomic mass is 9.89. The van der Waals surface area contributed by atoms with Crippen LogP contribution in [0.25, 0.3) is 10.2 Å². The summed E-state index contributed by atoms with van der Waals surface area (Å²) in [6, 6.07) is 14.2. The molecule has 0 spiro atoms. The van der Waals surface area contributed by atoms with E-state index in [9.17, 15) is 4.79 Å². The Labute approximate surface area is 219 Å². The summed E-state index contributed by atoms with van der Waals surface area (Å²) in [5.74, 6) is 2.16. The molecule has 3 aromatic rings. The molecule has 7 heteroatoms. The van der Waals surface area contributed by atoms with Gasteiger partial charge in [-0.15, -0.1) is 11.3 Å². The first-order valence-corrected chi connectivity index (χ1v) is 14.0. The molecular formula is C29H39N3O3S. The van der Waals surface area contributed by atoms with E-state index in [4.69, 9.17) is 14.5 Å². The Morgan fingerprint density at radius 3 is 2.58 bits per heavy atom. The molecule has 1 N–H and O–H groups in total. The van der Waals surface area contributed by atoms with Gasteiger partial charge in [-0.25, -0.2) is 4.98 Å². The molecule has 1 saturated heterocycles. The Hall–Kier alpha value is -2.48. The number of hydrogen-bond donors (Lipinski definition) is 1. The summed E-state index contributed by atoms with van der Waals surface area (Å²) in [6.07, 6.45) is 10.8. The van der Waals surface area contributed by atoms with E-state index in [2.05, 4.69) is 34.5 Å². The molecule has 6 nitrogen and oxygen atoms in total. The average Bonchev–Trinajstić information content (AvgIpc) is 3.55. The summed E-state index contributed by atoms with van der Waals surface area (Å²) < 4.78 is 11.3. The highest BCUT2D eigenvalue weighted by Crippen LogP contribution is 2.28. The van der Waals surface area contributed by atoms with Gasteiger partial charge in [0.2, 0.25) is 0 Å². The van der Waals surface area contributed by atoms with Gasteiger partial charge >= 0.3 is 0 Å². The van der Waals surface area contributed by atoms with Crippen molar-refractivity contribution in [1.82, 2.24) is 15.2 Å². The van der Waals surface area contributed by atoms with Crippen molar-refractivity contribution >= 4 is 27.8 Å². The van der Waals surface area contributed by atoms with Crippen LogP contribution < -0.4 is 14.8 Å². The molecule has 0 unspecified atom stereocenters. The van der Waals surface area contributed by atoms with E-state index in [0.717, 1.165) is 36.9 Å². The van der Waals surface area contributed by atoms with E-state index >= 15 is 0 Å². The van der Waals surface area contributed by atoms with Gasteiger partial charge in [0.05, 0.1) is 24.4 Å². The van der Waals surface area contributed by atoms with Gasteiger partial charge in [0.25, 0.3) is 0 Å². The zero-order valence-electron chi connectivity index (χ0n) is 21.6. The predicted octanol–water partition coefficient (Wildman–Crippen LogP) is 5.95. The summed E-state index contributed by atoms with van der Waals surface area (Å²) in [5, 5.41) is 4.89. The Kier molecular flexibility index (Phi) is 10.1. The first-order chi connectivity index (χ1) is 17.7. The van der Waals surface area contributed by atoms with Crippen LogP contribution in [0.5, 0.6) is 11.5 Å². The van der Waals surface area contributed by atoms with E-state index in [0.29, 0.717) is 17.1 Å². The maximum atomic E-state index is 10.4. The molecule has 1 aliphatic heterocycles. The van der Waals surface area contributed by atoms with Crippen molar-refractivity contribution in [1.29, 1.82) is 0 Å². The van der Waals surface area contributed by atoms with Gasteiger partial charge in [0.15, 0.2) is 11.5 Å². The average molecular weight is 510 g/mol.